The van der Waals surface area contributed by atoms with Crippen LogP contribution in [0.25, 0.3) is 10.2 Å². The maximum atomic E-state index is 12.8. The molecule has 5 rings (SSSR count). The zero-order valence-electron chi connectivity index (χ0n) is 18.2. The Hall–Kier alpha value is -2.19. The Morgan fingerprint density at radius 1 is 1.16 bits per heavy atom. The highest BCUT2D eigenvalue weighted by Crippen LogP contribution is 2.48. The molecule has 0 amide bonds. The number of hydrogen-bond acceptors (Lipinski definition) is 5. The lowest BCUT2D eigenvalue weighted by molar-refractivity contribution is -0.126. The van der Waals surface area contributed by atoms with Crippen LogP contribution in [0, 0.1) is 5.41 Å². The van der Waals surface area contributed by atoms with E-state index < -0.39 is 12.6 Å². The van der Waals surface area contributed by atoms with E-state index in [0.717, 1.165) is 54.9 Å². The zero-order chi connectivity index (χ0) is 22.6. The number of anilines is 1. The number of nitrogens with zero attached hydrogens (tertiary/aromatic N) is 3. The van der Waals surface area contributed by atoms with Crippen LogP contribution in [-0.2, 0) is 12.0 Å². The molecule has 1 spiro atoms. The fourth-order valence-corrected chi connectivity index (χ4v) is 6.43. The number of nitrogens with one attached hydrogen (secondary N) is 1. The van der Waals surface area contributed by atoms with Crippen molar-refractivity contribution in [3.63, 3.8) is 0 Å². The molecule has 1 saturated heterocycles. The van der Waals surface area contributed by atoms with Crippen LogP contribution >= 0.6 is 11.3 Å². The molecule has 1 aliphatic heterocycles. The van der Waals surface area contributed by atoms with Crippen molar-refractivity contribution in [2.24, 2.45) is 5.41 Å². The van der Waals surface area contributed by atoms with Gasteiger partial charge in [-0.3, -0.25) is 0 Å². The van der Waals surface area contributed by atoms with E-state index in [1.54, 1.807) is 6.07 Å². The largest absolute Gasteiger partial charge is 0.393 e. The van der Waals surface area contributed by atoms with E-state index in [1.165, 1.54) is 11.9 Å². The molecule has 0 radical (unpaired) electrons. The molecule has 3 heterocycles. The monoisotopic (exact) mass is 460 g/mol. The van der Waals surface area contributed by atoms with E-state index in [4.69, 9.17) is 0 Å². The molecule has 4 nitrogen and oxygen atoms in total. The quantitative estimate of drug-likeness (QED) is 0.532. The van der Waals surface area contributed by atoms with Gasteiger partial charge in [0.2, 0.25) is 0 Å². The molecular weight excluding hydrogens is 433 g/mol. The third-order valence-electron chi connectivity index (χ3n) is 6.85. The number of hydrogen-bond donors (Lipinski definition) is 1. The highest BCUT2D eigenvalue weighted by Gasteiger charge is 2.49. The fraction of sp³-hybridized carbons (Fsp3) is 0.500. The minimum atomic E-state index is -4.21. The van der Waals surface area contributed by atoms with Gasteiger partial charge in [-0.2, -0.15) is 13.2 Å². The summed E-state index contributed by atoms with van der Waals surface area (Å²) in [5.74, 6) is 0.770. The van der Waals surface area contributed by atoms with E-state index in [9.17, 15) is 13.2 Å². The first-order valence-electron chi connectivity index (χ1n) is 11.0. The molecule has 1 N–H and O–H groups in total. The molecule has 0 bridgehead atoms. The van der Waals surface area contributed by atoms with Gasteiger partial charge in [0.05, 0.1) is 11.8 Å². The van der Waals surface area contributed by atoms with Crippen molar-refractivity contribution in [2.75, 3.05) is 18.0 Å². The first-order valence-corrected chi connectivity index (χ1v) is 11.8. The van der Waals surface area contributed by atoms with Crippen LogP contribution in [0.15, 0.2) is 42.7 Å². The predicted molar refractivity (Wildman–Crippen MR) is 122 cm³/mol. The number of thiophene rings is 1. The summed E-state index contributed by atoms with van der Waals surface area (Å²) < 4.78 is 38.5. The third-order valence-corrected chi connectivity index (χ3v) is 7.89. The van der Waals surface area contributed by atoms with Gasteiger partial charge in [-0.05, 0) is 44.7 Å². The zero-order valence-corrected chi connectivity index (χ0v) is 19.1. The van der Waals surface area contributed by atoms with Crippen molar-refractivity contribution in [2.45, 2.75) is 57.3 Å². The molecule has 1 atom stereocenters. The van der Waals surface area contributed by atoms with Gasteiger partial charge >= 0.3 is 6.18 Å². The van der Waals surface area contributed by atoms with Crippen LogP contribution in [0.5, 0.6) is 0 Å². The second-order valence-corrected chi connectivity index (χ2v) is 11.0. The molecule has 170 valence electrons. The summed E-state index contributed by atoms with van der Waals surface area (Å²) in [6, 6.07) is 12.6. The van der Waals surface area contributed by atoms with Crippen molar-refractivity contribution >= 4 is 27.4 Å². The van der Waals surface area contributed by atoms with Gasteiger partial charge in [-0.25, -0.2) is 9.97 Å². The molecule has 2 fully saturated rings. The van der Waals surface area contributed by atoms with E-state index in [2.05, 4.69) is 58.3 Å². The van der Waals surface area contributed by atoms with Crippen LogP contribution in [0.4, 0.5) is 19.0 Å². The average Bonchev–Trinajstić information content (AvgIpc) is 3.29. The maximum absolute atomic E-state index is 12.8. The van der Waals surface area contributed by atoms with Gasteiger partial charge in [0.15, 0.2) is 0 Å². The van der Waals surface area contributed by atoms with E-state index in [1.807, 2.05) is 6.07 Å². The molecule has 32 heavy (non-hydrogen) atoms. The molecule has 8 heteroatoms. The van der Waals surface area contributed by atoms with Crippen LogP contribution in [-0.4, -0.2) is 35.3 Å². The third kappa shape index (κ3) is 4.22. The van der Waals surface area contributed by atoms with Crippen molar-refractivity contribution in [3.05, 3.63) is 53.2 Å². The number of rotatable bonds is 5. The Bertz CT molecular complexity index is 1100. The number of alkyl halides is 3. The molecular formula is C24H27F3N4S. The summed E-state index contributed by atoms with van der Waals surface area (Å²) in [7, 11) is 0. The summed E-state index contributed by atoms with van der Waals surface area (Å²) >= 11 is 1.11. The molecule has 2 aliphatic rings. The second kappa shape index (κ2) is 7.70. The Morgan fingerprint density at radius 2 is 1.91 bits per heavy atom. The smallest absolute Gasteiger partial charge is 0.355 e. The van der Waals surface area contributed by atoms with Crippen molar-refractivity contribution < 1.29 is 13.2 Å². The topological polar surface area (TPSA) is 41.0 Å². The van der Waals surface area contributed by atoms with Gasteiger partial charge in [0, 0.05) is 35.0 Å². The minimum Gasteiger partial charge on any atom is -0.355 e. The van der Waals surface area contributed by atoms with Crippen molar-refractivity contribution in [1.82, 2.24) is 15.3 Å². The number of benzene rings is 1. The van der Waals surface area contributed by atoms with Crippen LogP contribution < -0.4 is 10.2 Å². The highest BCUT2D eigenvalue weighted by molar-refractivity contribution is 7.18. The summed E-state index contributed by atoms with van der Waals surface area (Å²) in [4.78, 5) is 11.8. The normalized spacial score (nSPS) is 20.8. The number of halogens is 3. The van der Waals surface area contributed by atoms with E-state index in [-0.39, 0.29) is 15.8 Å². The fourth-order valence-electron chi connectivity index (χ4n) is 5.41. The second-order valence-electron chi connectivity index (χ2n) is 9.85. The minimum absolute atomic E-state index is 0.0920. The van der Waals surface area contributed by atoms with Crippen molar-refractivity contribution in [3.8, 4) is 0 Å². The van der Waals surface area contributed by atoms with Crippen LogP contribution in [0.1, 0.15) is 43.6 Å². The highest BCUT2D eigenvalue weighted by atomic mass is 32.1. The Labute approximate surface area is 189 Å². The van der Waals surface area contributed by atoms with E-state index >= 15 is 0 Å². The predicted octanol–water partition coefficient (Wildman–Crippen LogP) is 5.68. The molecule has 2 aromatic heterocycles. The number of fused-ring (bicyclic) bond motifs is 1. The van der Waals surface area contributed by atoms with Gasteiger partial charge in [-0.1, -0.05) is 30.3 Å². The first kappa shape index (κ1) is 21.6. The first-order chi connectivity index (χ1) is 15.1. The molecule has 0 unspecified atom stereocenters. The van der Waals surface area contributed by atoms with Gasteiger partial charge in [0.1, 0.15) is 17.0 Å². The Kier molecular flexibility index (Phi) is 5.21. The summed E-state index contributed by atoms with van der Waals surface area (Å²) in [6.45, 7) is 6.25. The van der Waals surface area contributed by atoms with Gasteiger partial charge in [-0.15, -0.1) is 11.3 Å². The average molecular weight is 461 g/mol. The van der Waals surface area contributed by atoms with Crippen molar-refractivity contribution in [1.29, 1.82) is 0 Å². The van der Waals surface area contributed by atoms with Crippen LogP contribution in [0.3, 0.4) is 0 Å². The van der Waals surface area contributed by atoms with Gasteiger partial charge in [0.25, 0.3) is 0 Å². The Morgan fingerprint density at radius 3 is 2.62 bits per heavy atom. The van der Waals surface area contributed by atoms with Gasteiger partial charge < -0.3 is 10.2 Å². The SMILES string of the molecule is CC(C)(N[C@@H]1CCC2(C1)CN(c1ncnc3sc(CC(F)(F)F)cc13)C2)c1ccccc1. The summed E-state index contributed by atoms with van der Waals surface area (Å²) in [5.41, 5.74) is 1.45. The number of aromatic nitrogens is 2. The van der Waals surface area contributed by atoms with E-state index in [0.29, 0.717) is 10.9 Å². The molecule has 3 aromatic rings. The summed E-state index contributed by atoms with van der Waals surface area (Å²) in [6.07, 6.45) is -0.258. The standard InChI is InChI=1S/C24H27F3N4S/c1-22(2,16-6-4-3-5-7-16)30-17-8-9-23(11-17)13-31(14-23)20-19-10-18(12-24(25,26)27)32-21(19)29-15-28-20/h3-7,10,15,17,30H,8-9,11-14H2,1-2H3/t17-/m1/s1. The van der Waals surface area contributed by atoms with Crippen LogP contribution in [0.2, 0.25) is 0 Å². The Balaban J connectivity index is 1.26. The lowest BCUT2D eigenvalue weighted by atomic mass is 9.78. The molecule has 1 saturated carbocycles. The summed E-state index contributed by atoms with van der Waals surface area (Å²) in [5, 5.41) is 4.60. The molecule has 1 aliphatic carbocycles. The maximum Gasteiger partial charge on any atom is 0.393 e. The lowest BCUT2D eigenvalue weighted by Crippen LogP contribution is -2.56. The lowest BCUT2D eigenvalue weighted by Gasteiger charge is -2.49. The molecule has 1 aromatic carbocycles.